The molecule has 3 rings (SSSR count). The number of carbonyl (C=O) groups excluding carboxylic acids is 2. The molecule has 0 aliphatic carbocycles. The summed E-state index contributed by atoms with van der Waals surface area (Å²) in [5, 5.41) is 3.29. The maximum Gasteiger partial charge on any atom is 0.252 e. The van der Waals surface area contributed by atoms with Crippen LogP contribution in [0.25, 0.3) is 0 Å². The van der Waals surface area contributed by atoms with Crippen LogP contribution in [0, 0.1) is 0 Å². The van der Waals surface area contributed by atoms with E-state index in [4.69, 9.17) is 26.4 Å². The molecule has 2 aromatic carbocycles. The van der Waals surface area contributed by atoms with Crippen LogP contribution in [0.15, 0.2) is 42.5 Å². The first kappa shape index (κ1) is 24.3. The van der Waals surface area contributed by atoms with E-state index in [1.54, 1.807) is 50.5 Å². The van der Waals surface area contributed by atoms with Crippen molar-refractivity contribution in [2.24, 2.45) is 0 Å². The number of hydrogen-bond acceptors (Lipinski definition) is 6. The number of rotatable bonds is 10. The maximum atomic E-state index is 13.0. The van der Waals surface area contributed by atoms with Crippen LogP contribution in [0.2, 0.25) is 0 Å². The van der Waals surface area contributed by atoms with E-state index in [9.17, 15) is 9.59 Å². The van der Waals surface area contributed by atoms with Crippen molar-refractivity contribution in [1.82, 2.24) is 9.80 Å². The van der Waals surface area contributed by atoms with Crippen LogP contribution in [0.3, 0.4) is 0 Å². The molecule has 1 fully saturated rings. The number of hydrogen-bond donors (Lipinski definition) is 1. The van der Waals surface area contributed by atoms with Crippen molar-refractivity contribution in [3.8, 4) is 17.2 Å². The minimum Gasteiger partial charge on any atom is -0.497 e. The first-order chi connectivity index (χ1) is 15.9. The lowest BCUT2D eigenvalue weighted by Gasteiger charge is -2.24. The first-order valence-corrected chi connectivity index (χ1v) is 11.1. The molecule has 1 atom stereocenters. The Labute approximate surface area is 199 Å². The molecule has 8 nitrogen and oxygen atoms in total. The van der Waals surface area contributed by atoms with E-state index in [1.165, 1.54) is 0 Å². The average Bonchev–Trinajstić information content (AvgIpc) is 3.05. The quantitative estimate of drug-likeness (QED) is 0.534. The van der Waals surface area contributed by atoms with Crippen molar-refractivity contribution >= 4 is 34.8 Å². The predicted molar refractivity (Wildman–Crippen MR) is 130 cm³/mol. The fourth-order valence-corrected chi connectivity index (χ4v) is 4.22. The molecule has 1 saturated heterocycles. The molecule has 0 unspecified atom stereocenters. The van der Waals surface area contributed by atoms with Gasteiger partial charge in [-0.2, -0.15) is 0 Å². The number of amides is 2. The van der Waals surface area contributed by atoms with Crippen LogP contribution in [0.4, 0.5) is 5.69 Å². The summed E-state index contributed by atoms with van der Waals surface area (Å²) in [5.74, 6) is 1.58. The lowest BCUT2D eigenvalue weighted by molar-refractivity contribution is -0.130. The van der Waals surface area contributed by atoms with Gasteiger partial charge in [0.05, 0.1) is 27.8 Å². The van der Waals surface area contributed by atoms with Crippen molar-refractivity contribution in [2.75, 3.05) is 39.7 Å². The van der Waals surface area contributed by atoms with E-state index in [2.05, 4.69) is 5.32 Å². The largest absolute Gasteiger partial charge is 0.497 e. The summed E-state index contributed by atoms with van der Waals surface area (Å²) in [6.45, 7) is 2.83. The van der Waals surface area contributed by atoms with Crippen molar-refractivity contribution < 1.29 is 23.8 Å². The molecule has 0 bridgehead atoms. The Balaban J connectivity index is 1.70. The van der Waals surface area contributed by atoms with Crippen molar-refractivity contribution in [2.45, 2.75) is 25.8 Å². The fourth-order valence-electron chi connectivity index (χ4n) is 3.78. The number of nitrogens with one attached hydrogen (secondary N) is 1. The van der Waals surface area contributed by atoms with E-state index in [0.717, 1.165) is 5.56 Å². The van der Waals surface area contributed by atoms with Gasteiger partial charge < -0.3 is 24.4 Å². The van der Waals surface area contributed by atoms with Gasteiger partial charge in [0.25, 0.3) is 5.91 Å². The lowest BCUT2D eigenvalue weighted by atomic mass is 10.1. The van der Waals surface area contributed by atoms with Gasteiger partial charge in [-0.15, -0.1) is 0 Å². The number of benzene rings is 2. The van der Waals surface area contributed by atoms with Gasteiger partial charge in [-0.1, -0.05) is 6.07 Å². The molecule has 1 aliphatic heterocycles. The monoisotopic (exact) mass is 471 g/mol. The fraction of sp³-hybridized carbons (Fsp3) is 0.375. The zero-order valence-electron chi connectivity index (χ0n) is 19.3. The zero-order chi connectivity index (χ0) is 24.0. The molecule has 2 amide bonds. The van der Waals surface area contributed by atoms with E-state index in [0.29, 0.717) is 47.6 Å². The molecule has 176 valence electrons. The number of ether oxygens (including phenoxy) is 3. The maximum absolute atomic E-state index is 13.0. The minimum absolute atomic E-state index is 0.00738. The van der Waals surface area contributed by atoms with Crippen molar-refractivity contribution in [3.05, 3.63) is 48.0 Å². The summed E-state index contributed by atoms with van der Waals surface area (Å²) < 4.78 is 15.8. The third-order valence-corrected chi connectivity index (χ3v) is 6.02. The number of methoxy groups -OCH3 is 3. The first-order valence-electron chi connectivity index (χ1n) is 10.7. The topological polar surface area (TPSA) is 80.3 Å². The van der Waals surface area contributed by atoms with Gasteiger partial charge in [0, 0.05) is 18.8 Å². The summed E-state index contributed by atoms with van der Waals surface area (Å²) in [5.41, 5.74) is 1.65. The molecule has 2 aromatic rings. The zero-order valence-corrected chi connectivity index (χ0v) is 20.1. The molecular formula is C24H29N3O5S. The van der Waals surface area contributed by atoms with Gasteiger partial charge >= 0.3 is 0 Å². The number of likely N-dealkylation sites (N-methyl/N-ethyl adjacent to an activating group) is 1. The Morgan fingerprint density at radius 3 is 2.33 bits per heavy atom. The Kier molecular flexibility index (Phi) is 8.11. The van der Waals surface area contributed by atoms with E-state index in [1.807, 2.05) is 30.0 Å². The van der Waals surface area contributed by atoms with E-state index < -0.39 is 6.04 Å². The highest BCUT2D eigenvalue weighted by Gasteiger charge is 2.42. The van der Waals surface area contributed by atoms with Gasteiger partial charge in [0.2, 0.25) is 5.91 Å². The smallest absolute Gasteiger partial charge is 0.252 e. The van der Waals surface area contributed by atoms with Gasteiger partial charge in [-0.05, 0) is 67.5 Å². The Hall–Kier alpha value is -3.33. The molecule has 0 saturated carbocycles. The van der Waals surface area contributed by atoms with Crippen molar-refractivity contribution in [1.29, 1.82) is 0 Å². The lowest BCUT2D eigenvalue weighted by Crippen LogP contribution is -2.39. The molecule has 33 heavy (non-hydrogen) atoms. The predicted octanol–water partition coefficient (Wildman–Crippen LogP) is 3.10. The van der Waals surface area contributed by atoms with Gasteiger partial charge in [-0.25, -0.2) is 0 Å². The molecule has 0 aromatic heterocycles. The highest BCUT2D eigenvalue weighted by Crippen LogP contribution is 2.28. The van der Waals surface area contributed by atoms with Gasteiger partial charge in [-0.3, -0.25) is 14.5 Å². The summed E-state index contributed by atoms with van der Waals surface area (Å²) >= 11 is 5.57. The SMILES string of the molecule is CCN1C(=O)[C@H](CC(=O)Nc2ccc(OC)cc2)N(CCc2ccc(OC)c(OC)c2)C1=S. The molecule has 0 spiro atoms. The molecule has 1 aliphatic rings. The number of carbonyl (C=O) groups is 2. The van der Waals surface area contributed by atoms with Crippen molar-refractivity contribution in [3.63, 3.8) is 0 Å². The Morgan fingerprint density at radius 2 is 1.73 bits per heavy atom. The standard InChI is InChI=1S/C24H29N3O5S/c1-5-26-23(29)19(15-22(28)25-17-7-9-18(30-2)10-8-17)27(24(26)33)13-12-16-6-11-20(31-3)21(14-16)32-4/h6-11,14,19H,5,12-13,15H2,1-4H3,(H,25,28)/t19-/m0/s1. The molecule has 9 heteroatoms. The van der Waals surface area contributed by atoms with Gasteiger partial charge in [0.15, 0.2) is 16.6 Å². The van der Waals surface area contributed by atoms with E-state index in [-0.39, 0.29) is 18.2 Å². The van der Waals surface area contributed by atoms with Crippen LogP contribution in [0.5, 0.6) is 17.2 Å². The van der Waals surface area contributed by atoms with Gasteiger partial charge in [0.1, 0.15) is 11.8 Å². The van der Waals surface area contributed by atoms with Crippen LogP contribution in [-0.4, -0.2) is 67.2 Å². The highest BCUT2D eigenvalue weighted by atomic mass is 32.1. The van der Waals surface area contributed by atoms with Crippen LogP contribution in [0.1, 0.15) is 18.9 Å². The molecule has 1 N–H and O–H groups in total. The van der Waals surface area contributed by atoms with E-state index >= 15 is 0 Å². The molecule has 1 heterocycles. The Morgan fingerprint density at radius 1 is 1.03 bits per heavy atom. The number of anilines is 1. The Bertz CT molecular complexity index is 1010. The van der Waals surface area contributed by atoms with Crippen LogP contribution >= 0.6 is 12.2 Å². The summed E-state index contributed by atoms with van der Waals surface area (Å²) in [6, 6.07) is 12.1. The summed E-state index contributed by atoms with van der Waals surface area (Å²) in [7, 11) is 4.76. The molecular weight excluding hydrogens is 442 g/mol. The number of nitrogens with zero attached hydrogens (tertiary/aromatic N) is 2. The highest BCUT2D eigenvalue weighted by molar-refractivity contribution is 7.80. The third-order valence-electron chi connectivity index (χ3n) is 5.56. The second-order valence-electron chi connectivity index (χ2n) is 7.49. The second kappa shape index (κ2) is 11.0. The minimum atomic E-state index is -0.643. The molecule has 0 radical (unpaired) electrons. The second-order valence-corrected chi connectivity index (χ2v) is 7.86. The van der Waals surface area contributed by atoms with Crippen LogP contribution < -0.4 is 19.5 Å². The van der Waals surface area contributed by atoms with Crippen LogP contribution in [-0.2, 0) is 16.0 Å². The normalized spacial score (nSPS) is 15.6. The third kappa shape index (κ3) is 5.54. The summed E-state index contributed by atoms with van der Waals surface area (Å²) in [4.78, 5) is 29.1. The number of thiocarbonyl (C=S) groups is 1. The average molecular weight is 472 g/mol. The summed E-state index contributed by atoms with van der Waals surface area (Å²) in [6.07, 6.45) is 0.634.